The van der Waals surface area contributed by atoms with Crippen LogP contribution in [0.4, 0.5) is 0 Å². The summed E-state index contributed by atoms with van der Waals surface area (Å²) < 4.78 is 0. The molecule has 0 saturated carbocycles. The van der Waals surface area contributed by atoms with Gasteiger partial charge >= 0.3 is 49.6 Å². The Hall–Kier alpha value is -0.112. The molecule has 122 valence electrons. The third-order valence-electron chi connectivity index (χ3n) is 2.85. The number of benzene rings is 2. The Balaban J connectivity index is 0.000000422. The maximum atomic E-state index is 9.77. The van der Waals surface area contributed by atoms with E-state index in [4.69, 9.17) is 37.7 Å². The summed E-state index contributed by atoms with van der Waals surface area (Å²) in [6.07, 6.45) is 0.543. The molecule has 0 spiro atoms. The van der Waals surface area contributed by atoms with Gasteiger partial charge in [0.2, 0.25) is 0 Å². The van der Waals surface area contributed by atoms with Crippen LogP contribution in [0.2, 0.25) is 0 Å². The molecule has 0 saturated heterocycles. The van der Waals surface area contributed by atoms with Crippen LogP contribution in [-0.2, 0) is 18.3 Å². The Morgan fingerprint density at radius 3 is 1.41 bits per heavy atom. The molecule has 0 bridgehead atoms. The summed E-state index contributed by atoms with van der Waals surface area (Å²) in [5.74, 6) is 0.549. The third-order valence-corrected chi connectivity index (χ3v) is 2.85. The monoisotopic (exact) mass is 552 g/mol. The first-order valence-electron chi connectivity index (χ1n) is 6.25. The van der Waals surface area contributed by atoms with Crippen molar-refractivity contribution in [3.05, 3.63) is 58.7 Å². The van der Waals surface area contributed by atoms with E-state index in [1.165, 1.54) is 0 Å². The molecular weight excluding hydrogens is 538 g/mol. The number of phenolic OH excluding ortho intramolecular Hbond substituents is 2. The third kappa shape index (κ3) is 7.94. The van der Waals surface area contributed by atoms with Crippen molar-refractivity contribution in [2.75, 3.05) is 0 Å². The number of rotatable bonds is 2. The fourth-order valence-corrected chi connectivity index (χ4v) is 1.92. The van der Waals surface area contributed by atoms with E-state index in [-0.39, 0.29) is 11.5 Å². The Morgan fingerprint density at radius 2 is 1.09 bits per heavy atom. The summed E-state index contributed by atoms with van der Waals surface area (Å²) in [4.78, 5) is 0. The average Bonchev–Trinajstić information content (AvgIpc) is 2.36. The van der Waals surface area contributed by atoms with E-state index in [0.717, 1.165) is 22.3 Å². The summed E-state index contributed by atoms with van der Waals surface area (Å²) in [5.41, 5.74) is 3.88. The van der Waals surface area contributed by atoms with E-state index in [0.29, 0.717) is 6.42 Å². The molecule has 22 heavy (non-hydrogen) atoms. The van der Waals surface area contributed by atoms with Crippen LogP contribution >= 0.6 is 37.7 Å². The number of phenols is 2. The van der Waals surface area contributed by atoms with Crippen LogP contribution in [0.3, 0.4) is 0 Å². The van der Waals surface area contributed by atoms with Gasteiger partial charge in [-0.15, -0.1) is 0 Å². The van der Waals surface area contributed by atoms with Gasteiger partial charge in [0.1, 0.15) is 11.5 Å². The summed E-state index contributed by atoms with van der Waals surface area (Å²) in [7, 11) is 20.1. The van der Waals surface area contributed by atoms with Crippen LogP contribution in [0, 0.1) is 13.8 Å². The number of hydrogen-bond donors (Lipinski definition) is 2. The van der Waals surface area contributed by atoms with E-state index in [1.807, 2.05) is 38.1 Å². The zero-order valence-electron chi connectivity index (χ0n) is 12.0. The van der Waals surface area contributed by atoms with Gasteiger partial charge in [-0.1, -0.05) is 35.4 Å². The fraction of sp³-hybridized carbons (Fsp3) is 0.200. The Morgan fingerprint density at radius 1 is 0.773 bits per heavy atom. The Labute approximate surface area is 149 Å². The summed E-state index contributed by atoms with van der Waals surface area (Å²) in [6.45, 7) is 3.97. The predicted molar refractivity (Wildman–Crippen MR) is 91.9 cm³/mol. The fourth-order valence-electron chi connectivity index (χ4n) is 1.92. The zero-order valence-corrected chi connectivity index (χ0v) is 17.9. The van der Waals surface area contributed by atoms with E-state index in [9.17, 15) is 10.2 Å². The molecule has 0 aromatic heterocycles. The van der Waals surface area contributed by atoms with Gasteiger partial charge in [-0.3, -0.25) is 0 Å². The molecule has 0 aliphatic carbocycles. The normalized spacial score (nSPS) is 11.5. The van der Waals surface area contributed by atoms with E-state index >= 15 is 0 Å². The quantitative estimate of drug-likeness (QED) is 0.475. The average molecular weight is 554 g/mol. The maximum absolute atomic E-state index is 9.77. The first kappa shape index (κ1) is 19.9. The molecular formula is C15H16Cl4O2W. The molecule has 0 aliphatic heterocycles. The van der Waals surface area contributed by atoms with Gasteiger partial charge in [-0.2, -0.15) is 0 Å². The van der Waals surface area contributed by atoms with Crippen molar-refractivity contribution in [2.45, 2.75) is 20.3 Å². The molecule has 7 heteroatoms. The van der Waals surface area contributed by atoms with E-state index in [2.05, 4.69) is 0 Å². The first-order valence-corrected chi connectivity index (χ1v) is 20.8. The topological polar surface area (TPSA) is 40.5 Å². The minimum atomic E-state index is -3.28. The summed E-state index contributed by atoms with van der Waals surface area (Å²) in [5, 5.41) is 19.5. The van der Waals surface area contributed by atoms with Gasteiger partial charge in [-0.25, -0.2) is 0 Å². The van der Waals surface area contributed by atoms with Crippen LogP contribution in [0.5, 0.6) is 11.5 Å². The summed E-state index contributed by atoms with van der Waals surface area (Å²) >= 11 is -3.28. The SMILES string of the molecule is Cc1ccc(O)c(Cc2cc(C)ccc2O)c1.[Cl][W]([Cl])([Cl])[Cl]. The van der Waals surface area contributed by atoms with Crippen molar-refractivity contribution in [1.82, 2.24) is 0 Å². The van der Waals surface area contributed by atoms with Crippen LogP contribution in [0.25, 0.3) is 0 Å². The van der Waals surface area contributed by atoms with Gasteiger partial charge < -0.3 is 10.2 Å². The van der Waals surface area contributed by atoms with Crippen molar-refractivity contribution in [2.24, 2.45) is 0 Å². The van der Waals surface area contributed by atoms with Crippen LogP contribution in [-0.4, -0.2) is 10.2 Å². The molecule has 0 heterocycles. The second-order valence-corrected chi connectivity index (χ2v) is 30.2. The van der Waals surface area contributed by atoms with Crippen molar-refractivity contribution < 1.29 is 22.1 Å². The standard InChI is InChI=1S/C15H16O2.4ClH.W/c1-10-3-5-14(16)12(7-10)9-13-8-11(2)4-6-15(13)17;;;;;/h3-8,16-17H,9H2,1-2H3;4*1H;/q;;;;;+4/p-4. The second kappa shape index (κ2) is 8.66. The van der Waals surface area contributed by atoms with Gasteiger partial charge in [0.25, 0.3) is 0 Å². The molecule has 2 rings (SSSR count). The van der Waals surface area contributed by atoms with Gasteiger partial charge in [0, 0.05) is 6.42 Å². The molecule has 0 aliphatic rings. The second-order valence-electron chi connectivity index (χ2n) is 4.79. The molecule has 0 radical (unpaired) electrons. The van der Waals surface area contributed by atoms with Crippen molar-refractivity contribution in [3.63, 3.8) is 0 Å². The molecule has 0 fully saturated rings. The van der Waals surface area contributed by atoms with Crippen LogP contribution in [0.15, 0.2) is 36.4 Å². The number of aryl methyl sites for hydroxylation is 2. The molecule has 2 aromatic rings. The molecule has 0 atom stereocenters. The molecule has 0 unspecified atom stereocenters. The van der Waals surface area contributed by atoms with Crippen molar-refractivity contribution in [1.29, 1.82) is 0 Å². The molecule has 2 aromatic carbocycles. The van der Waals surface area contributed by atoms with Crippen LogP contribution < -0.4 is 0 Å². The molecule has 2 nitrogen and oxygen atoms in total. The number of aromatic hydroxyl groups is 2. The summed E-state index contributed by atoms with van der Waals surface area (Å²) in [6, 6.07) is 11.0. The van der Waals surface area contributed by atoms with Gasteiger partial charge in [0.15, 0.2) is 0 Å². The molecule has 0 amide bonds. The Kier molecular flexibility index (Phi) is 7.85. The van der Waals surface area contributed by atoms with Crippen molar-refractivity contribution in [3.8, 4) is 11.5 Å². The Bertz CT molecular complexity index is 586. The minimum absolute atomic E-state index is 0.275. The number of halogens is 4. The van der Waals surface area contributed by atoms with E-state index in [1.54, 1.807) is 12.1 Å². The molecule has 2 N–H and O–H groups in total. The number of hydrogen-bond acceptors (Lipinski definition) is 2. The van der Waals surface area contributed by atoms with Crippen LogP contribution in [0.1, 0.15) is 22.3 Å². The van der Waals surface area contributed by atoms with E-state index < -0.39 is 11.9 Å². The first-order chi connectivity index (χ1) is 10.1. The predicted octanol–water partition coefficient (Wildman–Crippen LogP) is 6.06. The van der Waals surface area contributed by atoms with Gasteiger partial charge in [0.05, 0.1) is 0 Å². The van der Waals surface area contributed by atoms with Crippen molar-refractivity contribution >= 4 is 37.7 Å². The van der Waals surface area contributed by atoms with Gasteiger partial charge in [-0.05, 0) is 37.1 Å². The zero-order chi connectivity index (χ0) is 16.9.